The van der Waals surface area contributed by atoms with Crippen molar-refractivity contribution in [2.75, 3.05) is 26.2 Å². The van der Waals surface area contributed by atoms with Gasteiger partial charge < -0.3 is 5.32 Å². The van der Waals surface area contributed by atoms with Crippen molar-refractivity contribution in [3.63, 3.8) is 0 Å². The largest absolute Gasteiger partial charge is 0.317 e. The average molecular weight is 344 g/mol. The van der Waals surface area contributed by atoms with Gasteiger partial charge in [0.25, 0.3) is 0 Å². The molecule has 4 heteroatoms. The lowest BCUT2D eigenvalue weighted by Gasteiger charge is -2.34. The first-order valence-electron chi connectivity index (χ1n) is 8.77. The van der Waals surface area contributed by atoms with Crippen LogP contribution in [-0.4, -0.2) is 36.1 Å². The molecule has 1 aromatic carbocycles. The highest BCUT2D eigenvalue weighted by atomic mass is 35.5. The number of nitrogens with zero attached hydrogens (tertiary/aromatic N) is 2. The molecule has 3 nitrogen and oxygen atoms in total. The van der Waals surface area contributed by atoms with Crippen LogP contribution in [-0.2, 0) is 6.54 Å². The smallest absolute Gasteiger partial charge is 0.0702 e. The Morgan fingerprint density at radius 1 is 1.04 bits per heavy atom. The molecule has 0 bridgehead atoms. The third kappa shape index (κ3) is 3.80. The highest BCUT2D eigenvalue weighted by Crippen LogP contribution is 2.39. The number of likely N-dealkylation sites (tertiary alicyclic amines) is 1. The van der Waals surface area contributed by atoms with Gasteiger partial charge in [0.05, 0.1) is 5.69 Å². The number of piperidine rings is 1. The normalized spacial score (nSPS) is 20.0. The molecule has 128 valence electrons. The maximum absolute atomic E-state index is 4.47. The van der Waals surface area contributed by atoms with E-state index in [2.05, 4.69) is 51.6 Å². The number of benzene rings is 1. The molecule has 3 heterocycles. The van der Waals surface area contributed by atoms with Crippen LogP contribution >= 0.6 is 12.4 Å². The van der Waals surface area contributed by atoms with Crippen molar-refractivity contribution >= 4 is 12.4 Å². The van der Waals surface area contributed by atoms with E-state index >= 15 is 0 Å². The molecule has 1 aromatic heterocycles. The molecular weight excluding hydrogens is 318 g/mol. The van der Waals surface area contributed by atoms with E-state index in [9.17, 15) is 0 Å². The van der Waals surface area contributed by atoms with Crippen LogP contribution < -0.4 is 5.32 Å². The van der Waals surface area contributed by atoms with Crippen LogP contribution in [0.25, 0.3) is 11.3 Å². The summed E-state index contributed by atoms with van der Waals surface area (Å²) >= 11 is 0. The summed E-state index contributed by atoms with van der Waals surface area (Å²) in [5.41, 5.74) is 4.27. The minimum Gasteiger partial charge on any atom is -0.317 e. The third-order valence-electron chi connectivity index (χ3n) is 5.48. The van der Waals surface area contributed by atoms with E-state index < -0.39 is 0 Å². The minimum atomic E-state index is 0. The summed E-state index contributed by atoms with van der Waals surface area (Å²) in [5, 5.41) is 3.50. The maximum Gasteiger partial charge on any atom is 0.0702 e. The highest BCUT2D eigenvalue weighted by Gasteiger charge is 2.38. The van der Waals surface area contributed by atoms with E-state index in [1.54, 1.807) is 0 Å². The van der Waals surface area contributed by atoms with Gasteiger partial charge in [-0.1, -0.05) is 24.3 Å². The Hall–Kier alpha value is -1.42. The van der Waals surface area contributed by atoms with Crippen molar-refractivity contribution in [2.24, 2.45) is 5.41 Å². The molecule has 0 atom stereocenters. The lowest BCUT2D eigenvalue weighted by atomic mass is 9.78. The molecule has 4 rings (SSSR count). The molecule has 1 spiro atoms. The van der Waals surface area contributed by atoms with Crippen LogP contribution in [0.1, 0.15) is 24.8 Å². The lowest BCUT2D eigenvalue weighted by molar-refractivity contribution is 0.194. The monoisotopic (exact) mass is 343 g/mol. The lowest BCUT2D eigenvalue weighted by Crippen LogP contribution is -2.38. The van der Waals surface area contributed by atoms with E-state index in [1.807, 2.05) is 12.3 Å². The van der Waals surface area contributed by atoms with Gasteiger partial charge in [-0.2, -0.15) is 0 Å². The molecule has 0 amide bonds. The van der Waals surface area contributed by atoms with E-state index in [1.165, 1.54) is 56.6 Å². The highest BCUT2D eigenvalue weighted by molar-refractivity contribution is 5.85. The topological polar surface area (TPSA) is 28.2 Å². The number of hydrogen-bond acceptors (Lipinski definition) is 3. The zero-order valence-electron chi connectivity index (χ0n) is 14.1. The molecule has 0 radical (unpaired) electrons. The fraction of sp³-hybridized carbons (Fsp3) is 0.450. The van der Waals surface area contributed by atoms with Crippen LogP contribution in [0.5, 0.6) is 0 Å². The molecule has 1 N–H and O–H groups in total. The van der Waals surface area contributed by atoms with Crippen molar-refractivity contribution in [2.45, 2.75) is 25.8 Å². The predicted octanol–water partition coefficient (Wildman–Crippen LogP) is 3.75. The van der Waals surface area contributed by atoms with E-state index in [4.69, 9.17) is 0 Å². The van der Waals surface area contributed by atoms with Gasteiger partial charge in [0, 0.05) is 24.8 Å². The van der Waals surface area contributed by atoms with E-state index in [0.717, 1.165) is 12.2 Å². The summed E-state index contributed by atoms with van der Waals surface area (Å²) in [5.74, 6) is 0. The average Bonchev–Trinajstić information content (AvgIpc) is 2.98. The van der Waals surface area contributed by atoms with Crippen molar-refractivity contribution < 1.29 is 0 Å². The first-order valence-corrected chi connectivity index (χ1v) is 8.77. The third-order valence-corrected chi connectivity index (χ3v) is 5.48. The summed E-state index contributed by atoms with van der Waals surface area (Å²) in [6.45, 7) is 5.97. The zero-order valence-corrected chi connectivity index (χ0v) is 14.9. The molecule has 0 saturated carbocycles. The van der Waals surface area contributed by atoms with Crippen LogP contribution in [0.15, 0.2) is 48.7 Å². The molecule has 2 fully saturated rings. The number of hydrogen-bond donors (Lipinski definition) is 1. The SMILES string of the molecule is Cl.c1ccc(-c2cccc(CN3CCC4(CCNCC4)C3)c2)nc1. The van der Waals surface area contributed by atoms with Crippen LogP contribution in [0.4, 0.5) is 0 Å². The molecule has 0 unspecified atom stereocenters. The minimum absolute atomic E-state index is 0. The first-order chi connectivity index (χ1) is 11.3. The van der Waals surface area contributed by atoms with E-state index in [-0.39, 0.29) is 12.4 Å². The van der Waals surface area contributed by atoms with Gasteiger partial charge in [-0.3, -0.25) is 9.88 Å². The maximum atomic E-state index is 4.47. The quantitative estimate of drug-likeness (QED) is 0.920. The van der Waals surface area contributed by atoms with Crippen molar-refractivity contribution in [3.8, 4) is 11.3 Å². The van der Waals surface area contributed by atoms with Crippen LogP contribution in [0, 0.1) is 5.41 Å². The van der Waals surface area contributed by atoms with Gasteiger partial charge in [0.2, 0.25) is 0 Å². The Balaban J connectivity index is 0.00000169. The second-order valence-electron chi connectivity index (χ2n) is 7.13. The standard InChI is InChI=1S/C20H25N3.ClH/c1-2-10-22-19(6-1)18-5-3-4-17(14-18)15-23-13-9-20(16-23)7-11-21-12-8-20;/h1-6,10,14,21H,7-9,11-13,15-16H2;1H. The summed E-state index contributed by atoms with van der Waals surface area (Å²) in [4.78, 5) is 7.11. The van der Waals surface area contributed by atoms with Gasteiger partial charge in [0.1, 0.15) is 0 Å². The Kier molecular flexibility index (Phi) is 5.54. The Morgan fingerprint density at radius 3 is 2.71 bits per heavy atom. The van der Waals surface area contributed by atoms with Crippen molar-refractivity contribution in [3.05, 3.63) is 54.2 Å². The van der Waals surface area contributed by atoms with E-state index in [0.29, 0.717) is 5.41 Å². The molecular formula is C20H26ClN3. The summed E-state index contributed by atoms with van der Waals surface area (Å²) in [7, 11) is 0. The van der Waals surface area contributed by atoms with Crippen molar-refractivity contribution in [1.29, 1.82) is 0 Å². The first kappa shape index (κ1) is 17.4. The van der Waals surface area contributed by atoms with Crippen molar-refractivity contribution in [1.82, 2.24) is 15.2 Å². The van der Waals surface area contributed by atoms with Gasteiger partial charge >= 0.3 is 0 Å². The van der Waals surface area contributed by atoms with Crippen LogP contribution in [0.3, 0.4) is 0 Å². The molecule has 2 saturated heterocycles. The number of nitrogens with one attached hydrogen (secondary N) is 1. The second kappa shape index (κ2) is 7.64. The second-order valence-corrected chi connectivity index (χ2v) is 7.13. The predicted molar refractivity (Wildman–Crippen MR) is 101 cm³/mol. The zero-order chi connectivity index (χ0) is 15.5. The number of aromatic nitrogens is 1. The van der Waals surface area contributed by atoms with Gasteiger partial charge in [-0.05, 0) is 68.1 Å². The number of rotatable bonds is 3. The molecule has 2 aliphatic heterocycles. The fourth-order valence-electron chi connectivity index (χ4n) is 4.15. The Labute approximate surface area is 150 Å². The van der Waals surface area contributed by atoms with Crippen LogP contribution in [0.2, 0.25) is 0 Å². The molecule has 0 aliphatic carbocycles. The Bertz CT molecular complexity index is 653. The number of pyridine rings is 1. The Morgan fingerprint density at radius 2 is 1.92 bits per heavy atom. The van der Waals surface area contributed by atoms with Gasteiger partial charge in [0.15, 0.2) is 0 Å². The summed E-state index contributed by atoms with van der Waals surface area (Å²) in [6.07, 6.45) is 5.92. The molecule has 2 aliphatic rings. The van der Waals surface area contributed by atoms with Gasteiger partial charge in [-0.15, -0.1) is 12.4 Å². The fourth-order valence-corrected chi connectivity index (χ4v) is 4.15. The number of halogens is 1. The summed E-state index contributed by atoms with van der Waals surface area (Å²) < 4.78 is 0. The summed E-state index contributed by atoms with van der Waals surface area (Å²) in [6, 6.07) is 15.0. The molecule has 24 heavy (non-hydrogen) atoms. The molecule has 2 aromatic rings. The van der Waals surface area contributed by atoms with Gasteiger partial charge in [-0.25, -0.2) is 0 Å².